The molecule has 0 fully saturated rings. The predicted molar refractivity (Wildman–Crippen MR) is 110 cm³/mol. The van der Waals surface area contributed by atoms with Crippen LogP contribution in [-0.4, -0.2) is 25.3 Å². The SMILES string of the molecule is CC(C)O[P@@](=O)(c1ccc(N(C)C)cc1)[C@@H](O)c1ccc(C(C)C)cc1. The van der Waals surface area contributed by atoms with Gasteiger partial charge < -0.3 is 14.5 Å². The van der Waals surface area contributed by atoms with Crippen LogP contribution in [0.4, 0.5) is 5.69 Å². The lowest BCUT2D eigenvalue weighted by atomic mass is 10.0. The van der Waals surface area contributed by atoms with E-state index in [-0.39, 0.29) is 6.10 Å². The number of anilines is 1. The summed E-state index contributed by atoms with van der Waals surface area (Å²) in [4.78, 5) is 1.97. The van der Waals surface area contributed by atoms with E-state index in [9.17, 15) is 9.67 Å². The first-order valence-electron chi connectivity index (χ1n) is 8.99. The second kappa shape index (κ2) is 8.39. The van der Waals surface area contributed by atoms with Crippen molar-refractivity contribution >= 4 is 18.4 Å². The van der Waals surface area contributed by atoms with Crippen molar-refractivity contribution in [2.24, 2.45) is 0 Å². The molecule has 0 saturated carbocycles. The maximum absolute atomic E-state index is 13.7. The summed E-state index contributed by atoms with van der Waals surface area (Å²) in [5, 5.41) is 11.5. The van der Waals surface area contributed by atoms with E-state index in [2.05, 4.69) is 13.8 Å². The molecular formula is C21H30NO3P. The topological polar surface area (TPSA) is 49.8 Å². The van der Waals surface area contributed by atoms with E-state index in [1.807, 2.05) is 69.2 Å². The molecule has 0 unspecified atom stereocenters. The second-order valence-corrected chi connectivity index (χ2v) is 9.77. The van der Waals surface area contributed by atoms with E-state index in [1.54, 1.807) is 12.1 Å². The minimum Gasteiger partial charge on any atom is -0.378 e. The van der Waals surface area contributed by atoms with Crippen LogP contribution in [0.3, 0.4) is 0 Å². The molecule has 26 heavy (non-hydrogen) atoms. The molecule has 0 spiro atoms. The van der Waals surface area contributed by atoms with Crippen molar-refractivity contribution in [1.82, 2.24) is 0 Å². The summed E-state index contributed by atoms with van der Waals surface area (Å²) in [6.07, 6.45) is -0.265. The van der Waals surface area contributed by atoms with Gasteiger partial charge in [0.15, 0.2) is 5.85 Å². The summed E-state index contributed by atoms with van der Waals surface area (Å²) in [6, 6.07) is 15.0. The van der Waals surface area contributed by atoms with Crippen LogP contribution in [0.25, 0.3) is 0 Å². The molecule has 0 amide bonds. The highest BCUT2D eigenvalue weighted by atomic mass is 31.2. The number of hydrogen-bond acceptors (Lipinski definition) is 4. The Balaban J connectivity index is 2.42. The highest BCUT2D eigenvalue weighted by Gasteiger charge is 2.37. The lowest BCUT2D eigenvalue weighted by molar-refractivity contribution is 0.189. The van der Waals surface area contributed by atoms with Crippen molar-refractivity contribution in [3.63, 3.8) is 0 Å². The monoisotopic (exact) mass is 375 g/mol. The van der Waals surface area contributed by atoms with Crippen LogP contribution in [0.1, 0.15) is 50.6 Å². The largest absolute Gasteiger partial charge is 0.378 e. The molecule has 0 heterocycles. The van der Waals surface area contributed by atoms with Crippen molar-refractivity contribution in [3.05, 3.63) is 59.7 Å². The molecule has 4 nitrogen and oxygen atoms in total. The van der Waals surface area contributed by atoms with Crippen molar-refractivity contribution in [2.75, 3.05) is 19.0 Å². The summed E-state index contributed by atoms with van der Waals surface area (Å²) in [7, 11) is 0.405. The molecule has 0 aromatic heterocycles. The average molecular weight is 375 g/mol. The van der Waals surface area contributed by atoms with Crippen molar-refractivity contribution in [2.45, 2.75) is 45.6 Å². The first kappa shape index (κ1) is 20.7. The lowest BCUT2D eigenvalue weighted by Crippen LogP contribution is -2.18. The molecule has 2 atom stereocenters. The molecule has 5 heteroatoms. The number of rotatable bonds is 7. The molecule has 2 aromatic rings. The van der Waals surface area contributed by atoms with E-state index in [0.29, 0.717) is 16.8 Å². The van der Waals surface area contributed by atoms with Gasteiger partial charge in [0.1, 0.15) is 0 Å². The predicted octanol–water partition coefficient (Wildman–Crippen LogP) is 4.90. The van der Waals surface area contributed by atoms with Gasteiger partial charge in [-0.15, -0.1) is 0 Å². The van der Waals surface area contributed by atoms with Crippen LogP contribution in [-0.2, 0) is 9.09 Å². The molecule has 0 aliphatic heterocycles. The molecule has 1 N–H and O–H groups in total. The molecule has 0 aliphatic carbocycles. The van der Waals surface area contributed by atoms with Gasteiger partial charge in [0.25, 0.3) is 7.37 Å². The van der Waals surface area contributed by atoms with Gasteiger partial charge >= 0.3 is 0 Å². The first-order chi connectivity index (χ1) is 12.1. The van der Waals surface area contributed by atoms with Gasteiger partial charge in [-0.1, -0.05) is 38.1 Å². The number of benzene rings is 2. The Hall–Kier alpha value is -1.61. The van der Waals surface area contributed by atoms with Crippen molar-refractivity contribution in [1.29, 1.82) is 0 Å². The normalized spacial score (nSPS) is 15.1. The Morgan fingerprint density at radius 3 is 1.81 bits per heavy atom. The van der Waals surface area contributed by atoms with E-state index >= 15 is 0 Å². The Morgan fingerprint density at radius 1 is 0.885 bits per heavy atom. The zero-order valence-corrected chi connectivity index (χ0v) is 17.4. The van der Waals surface area contributed by atoms with Crippen LogP contribution in [0.15, 0.2) is 48.5 Å². The Kier molecular flexibility index (Phi) is 6.68. The smallest absolute Gasteiger partial charge is 0.264 e. The van der Waals surface area contributed by atoms with Crippen LogP contribution in [0, 0.1) is 0 Å². The fourth-order valence-corrected chi connectivity index (χ4v) is 5.06. The first-order valence-corrected chi connectivity index (χ1v) is 10.7. The minimum absolute atomic E-state index is 0.265. The van der Waals surface area contributed by atoms with Crippen LogP contribution in [0.5, 0.6) is 0 Å². The zero-order valence-electron chi connectivity index (χ0n) is 16.5. The Morgan fingerprint density at radius 2 is 1.38 bits per heavy atom. The fourth-order valence-electron chi connectivity index (χ4n) is 2.78. The van der Waals surface area contributed by atoms with Gasteiger partial charge in [0.05, 0.1) is 6.10 Å². The summed E-state index contributed by atoms with van der Waals surface area (Å²) < 4.78 is 19.5. The quantitative estimate of drug-likeness (QED) is 0.700. The average Bonchev–Trinajstić information content (AvgIpc) is 2.60. The Bertz CT molecular complexity index is 752. The molecule has 0 saturated heterocycles. The lowest BCUT2D eigenvalue weighted by Gasteiger charge is -2.27. The van der Waals surface area contributed by atoms with E-state index in [0.717, 1.165) is 5.69 Å². The van der Waals surface area contributed by atoms with Gasteiger partial charge in [0, 0.05) is 25.1 Å². The van der Waals surface area contributed by atoms with Crippen LogP contribution in [0.2, 0.25) is 0 Å². The maximum atomic E-state index is 13.7. The molecule has 2 aromatic carbocycles. The van der Waals surface area contributed by atoms with E-state index in [1.165, 1.54) is 5.56 Å². The van der Waals surface area contributed by atoms with Crippen LogP contribution < -0.4 is 10.2 Å². The maximum Gasteiger partial charge on any atom is 0.264 e. The number of aliphatic hydroxyl groups is 1. The standard InChI is InChI=1S/C21H30NO3P/c1-15(2)17-7-9-18(10-8-17)21(23)26(24,25-16(3)4)20-13-11-19(12-14-20)22(5)6/h7-16,21,23H,1-6H3/t21-,26+/m1/s1. The second-order valence-electron chi connectivity index (χ2n) is 7.36. The third-order valence-electron chi connectivity index (χ3n) is 4.32. The molecule has 0 aliphatic rings. The molecule has 0 radical (unpaired) electrons. The van der Waals surface area contributed by atoms with E-state index in [4.69, 9.17) is 4.52 Å². The third-order valence-corrected chi connectivity index (χ3v) is 7.01. The van der Waals surface area contributed by atoms with Gasteiger partial charge in [-0.25, -0.2) is 0 Å². The van der Waals surface area contributed by atoms with Gasteiger partial charge in [-0.05, 0) is 55.2 Å². The van der Waals surface area contributed by atoms with Crippen molar-refractivity contribution in [3.8, 4) is 0 Å². The summed E-state index contributed by atoms with van der Waals surface area (Å²) in [5.41, 5.74) is 2.78. The number of aliphatic hydroxyl groups excluding tert-OH is 1. The van der Waals surface area contributed by atoms with E-state index < -0.39 is 13.2 Å². The van der Waals surface area contributed by atoms with Gasteiger partial charge in [-0.3, -0.25) is 4.57 Å². The summed E-state index contributed by atoms with van der Waals surface area (Å²) >= 11 is 0. The zero-order chi connectivity index (χ0) is 19.5. The minimum atomic E-state index is -3.49. The molecule has 142 valence electrons. The Labute approximate surface area is 157 Å². The fraction of sp³-hybridized carbons (Fsp3) is 0.429. The third kappa shape index (κ3) is 4.56. The van der Waals surface area contributed by atoms with Crippen LogP contribution >= 0.6 is 7.37 Å². The highest BCUT2D eigenvalue weighted by molar-refractivity contribution is 7.67. The summed E-state index contributed by atoms with van der Waals surface area (Å²) in [5.74, 6) is -0.796. The molecule has 0 bridgehead atoms. The highest BCUT2D eigenvalue weighted by Crippen LogP contribution is 2.58. The number of nitrogens with zero attached hydrogens (tertiary/aromatic N) is 1. The molecular weight excluding hydrogens is 345 g/mol. The van der Waals surface area contributed by atoms with Gasteiger partial charge in [0.2, 0.25) is 0 Å². The van der Waals surface area contributed by atoms with Gasteiger partial charge in [-0.2, -0.15) is 0 Å². The summed E-state index contributed by atoms with van der Waals surface area (Å²) in [6.45, 7) is 7.89. The number of hydrogen-bond donors (Lipinski definition) is 1. The van der Waals surface area contributed by atoms with Crippen molar-refractivity contribution < 1.29 is 14.2 Å². The molecule has 2 rings (SSSR count).